The minimum Gasteiger partial charge on any atom is -0.453 e. The molecule has 244 valence electrons. The summed E-state index contributed by atoms with van der Waals surface area (Å²) >= 11 is 0. The number of aromatic nitrogens is 4. The van der Waals surface area contributed by atoms with Gasteiger partial charge in [0.25, 0.3) is 5.82 Å². The standard InChI is InChI=1S/C44H43N4O/c1-24(2)35-22-31(30-15-11-10-12-16-30)23-36(25(3)4)41(35)48-40-27(6)14-13-17-37(40)47(9)44(48)38-26(5)18-19-33-34-21-20-32-28(7)45-29(8)46-39(32)43(34)49-42(33)38/h10-25H,1-9H3/q+1/i6D3,7D3,8D3. The molecule has 0 bridgehead atoms. The summed E-state index contributed by atoms with van der Waals surface area (Å²) in [5.41, 5.74) is 8.48. The van der Waals surface area contributed by atoms with Gasteiger partial charge in [-0.15, -0.1) is 0 Å². The van der Waals surface area contributed by atoms with Crippen molar-refractivity contribution in [3.05, 3.63) is 119 Å². The van der Waals surface area contributed by atoms with Crippen molar-refractivity contribution in [1.82, 2.24) is 14.5 Å². The maximum atomic E-state index is 8.77. The molecule has 3 heterocycles. The van der Waals surface area contributed by atoms with Gasteiger partial charge in [-0.25, -0.2) is 14.5 Å². The summed E-state index contributed by atoms with van der Waals surface area (Å²) in [5, 5.41) is 1.48. The van der Waals surface area contributed by atoms with E-state index >= 15 is 0 Å². The van der Waals surface area contributed by atoms with Gasteiger partial charge < -0.3 is 4.42 Å². The van der Waals surface area contributed by atoms with Crippen LogP contribution in [0, 0.1) is 27.5 Å². The van der Waals surface area contributed by atoms with Gasteiger partial charge >= 0.3 is 0 Å². The third kappa shape index (κ3) is 4.70. The summed E-state index contributed by atoms with van der Waals surface area (Å²) < 4.78 is 86.2. The predicted molar refractivity (Wildman–Crippen MR) is 203 cm³/mol. The molecule has 5 nitrogen and oxygen atoms in total. The minimum absolute atomic E-state index is 0.0284. The van der Waals surface area contributed by atoms with Crippen LogP contribution in [0.15, 0.2) is 89.3 Å². The molecule has 0 radical (unpaired) electrons. The average molecular weight is 653 g/mol. The third-order valence-corrected chi connectivity index (χ3v) is 9.78. The molecule has 8 rings (SSSR count). The van der Waals surface area contributed by atoms with Gasteiger partial charge in [-0.2, -0.15) is 4.57 Å². The minimum atomic E-state index is -2.78. The molecule has 5 heteroatoms. The smallest absolute Gasteiger partial charge is 0.299 e. The number of hydrogen-bond acceptors (Lipinski definition) is 3. The fourth-order valence-corrected chi connectivity index (χ4v) is 7.38. The van der Waals surface area contributed by atoms with Crippen LogP contribution in [0.1, 0.15) is 85.6 Å². The molecule has 0 saturated heterocycles. The zero-order chi connectivity index (χ0) is 41.8. The molecule has 0 aliphatic carbocycles. The highest BCUT2D eigenvalue weighted by molar-refractivity contribution is 6.16. The largest absolute Gasteiger partial charge is 0.453 e. The van der Waals surface area contributed by atoms with Gasteiger partial charge in [0, 0.05) is 50.9 Å². The number of fused-ring (bicyclic) bond motifs is 6. The van der Waals surface area contributed by atoms with E-state index in [-0.39, 0.29) is 39.6 Å². The number of hydrogen-bond donors (Lipinski definition) is 0. The van der Waals surface area contributed by atoms with Crippen LogP contribution in [0.2, 0.25) is 0 Å². The lowest BCUT2D eigenvalue weighted by atomic mass is 9.88. The molecule has 0 unspecified atom stereocenters. The van der Waals surface area contributed by atoms with Gasteiger partial charge in [0.2, 0.25) is 0 Å². The van der Waals surface area contributed by atoms with Crippen molar-refractivity contribution >= 4 is 43.9 Å². The first-order valence-electron chi connectivity index (χ1n) is 21.1. The quantitative estimate of drug-likeness (QED) is 0.174. The summed E-state index contributed by atoms with van der Waals surface area (Å²) in [6.07, 6.45) is 0. The van der Waals surface area contributed by atoms with Crippen molar-refractivity contribution in [2.45, 2.75) is 67.0 Å². The van der Waals surface area contributed by atoms with E-state index in [0.29, 0.717) is 38.8 Å². The molecule has 0 aliphatic rings. The molecule has 0 aliphatic heterocycles. The molecule has 3 aromatic heterocycles. The average Bonchev–Trinajstić information content (AvgIpc) is 3.67. The first-order valence-corrected chi connectivity index (χ1v) is 16.6. The second kappa shape index (κ2) is 11.4. The van der Waals surface area contributed by atoms with Crippen molar-refractivity contribution in [2.24, 2.45) is 7.05 Å². The Morgan fingerprint density at radius 2 is 1.43 bits per heavy atom. The van der Waals surface area contributed by atoms with E-state index in [0.717, 1.165) is 33.5 Å². The number of para-hydroxylation sites is 1. The van der Waals surface area contributed by atoms with Crippen LogP contribution >= 0.6 is 0 Å². The lowest BCUT2D eigenvalue weighted by molar-refractivity contribution is -0.633. The van der Waals surface area contributed by atoms with Crippen LogP contribution in [0.3, 0.4) is 0 Å². The van der Waals surface area contributed by atoms with Gasteiger partial charge in [0.1, 0.15) is 22.6 Å². The maximum absolute atomic E-state index is 8.77. The van der Waals surface area contributed by atoms with Crippen LogP contribution < -0.4 is 4.57 Å². The van der Waals surface area contributed by atoms with E-state index in [1.807, 2.05) is 54.9 Å². The van der Waals surface area contributed by atoms with E-state index in [9.17, 15) is 0 Å². The van der Waals surface area contributed by atoms with E-state index in [4.69, 9.17) is 16.8 Å². The molecule has 0 atom stereocenters. The topological polar surface area (TPSA) is 47.7 Å². The number of benzene rings is 5. The van der Waals surface area contributed by atoms with Crippen LogP contribution in [-0.4, -0.2) is 14.5 Å². The van der Waals surface area contributed by atoms with Gasteiger partial charge in [-0.1, -0.05) is 88.4 Å². The zero-order valence-electron chi connectivity index (χ0n) is 37.4. The number of imidazole rings is 1. The summed E-state index contributed by atoms with van der Waals surface area (Å²) in [5.74, 6) is 0.150. The highest BCUT2D eigenvalue weighted by Crippen LogP contribution is 2.44. The van der Waals surface area contributed by atoms with E-state index in [1.54, 1.807) is 24.3 Å². The maximum Gasteiger partial charge on any atom is 0.299 e. The number of nitrogens with zero attached hydrogens (tertiary/aromatic N) is 4. The molecular formula is C44H43N4O+. The lowest BCUT2D eigenvalue weighted by Crippen LogP contribution is -2.30. The second-order valence-electron chi connectivity index (χ2n) is 13.5. The van der Waals surface area contributed by atoms with Gasteiger partial charge in [0.05, 0.1) is 7.05 Å². The summed E-state index contributed by atoms with van der Waals surface area (Å²) in [4.78, 5) is 8.46. The molecule has 5 aromatic carbocycles. The molecule has 0 saturated carbocycles. The molecular weight excluding hydrogens is 601 g/mol. The SMILES string of the molecule is [2H]C([2H])([2H])c1nc(C([2H])([2H])[2H])c2ccc3c4ccc(C)c(-c5n(-c6c(C(C)C)cc(-c7ccccc7)cc6C(C)C)c6c(C([2H])([2H])[2H])cccc6[n+]5C)c4oc3c2n1. The Kier molecular flexibility index (Phi) is 5.21. The fraction of sp³-hybridized carbons (Fsp3) is 0.250. The fourth-order valence-electron chi connectivity index (χ4n) is 7.38. The van der Waals surface area contributed by atoms with Gasteiger partial charge in [-0.05, 0) is 80.3 Å². The Labute approximate surface area is 300 Å². The molecule has 0 fully saturated rings. The third-order valence-electron chi connectivity index (χ3n) is 9.78. The summed E-state index contributed by atoms with van der Waals surface area (Å²) in [7, 11) is 1.93. The molecule has 0 spiro atoms. The Morgan fingerprint density at radius 1 is 0.714 bits per heavy atom. The molecule has 0 amide bonds. The van der Waals surface area contributed by atoms with Crippen LogP contribution in [0.5, 0.6) is 0 Å². The van der Waals surface area contributed by atoms with Crippen molar-refractivity contribution in [3.8, 4) is 28.2 Å². The van der Waals surface area contributed by atoms with Crippen molar-refractivity contribution < 1.29 is 21.3 Å². The Balaban J connectivity index is 1.57. The van der Waals surface area contributed by atoms with E-state index in [1.165, 1.54) is 0 Å². The van der Waals surface area contributed by atoms with E-state index in [2.05, 4.69) is 66.5 Å². The van der Waals surface area contributed by atoms with Crippen molar-refractivity contribution in [3.63, 3.8) is 0 Å². The predicted octanol–water partition coefficient (Wildman–Crippen LogP) is 11.1. The molecule has 0 N–H and O–H groups in total. The normalized spacial score (nSPS) is 15.6. The Morgan fingerprint density at radius 3 is 2.12 bits per heavy atom. The number of aryl methyl sites for hydroxylation is 5. The van der Waals surface area contributed by atoms with Crippen LogP contribution in [0.4, 0.5) is 0 Å². The monoisotopic (exact) mass is 652 g/mol. The van der Waals surface area contributed by atoms with Crippen molar-refractivity contribution in [2.75, 3.05) is 0 Å². The Hall–Kier alpha value is -5.29. The first kappa shape index (κ1) is 22.4. The van der Waals surface area contributed by atoms with Crippen molar-refractivity contribution in [1.29, 1.82) is 0 Å². The lowest BCUT2D eigenvalue weighted by Gasteiger charge is -2.21. The highest BCUT2D eigenvalue weighted by atomic mass is 16.3. The van der Waals surface area contributed by atoms with Gasteiger partial charge in [-0.3, -0.25) is 0 Å². The van der Waals surface area contributed by atoms with Crippen LogP contribution in [0.25, 0.3) is 72.1 Å². The Bertz CT molecular complexity index is 2910. The number of rotatable bonds is 5. The summed E-state index contributed by atoms with van der Waals surface area (Å²) in [6, 6.07) is 27.3. The molecule has 8 aromatic rings. The number of furan rings is 1. The second-order valence-corrected chi connectivity index (χ2v) is 13.5. The van der Waals surface area contributed by atoms with Crippen LogP contribution in [-0.2, 0) is 7.05 Å². The molecule has 49 heavy (non-hydrogen) atoms. The highest BCUT2D eigenvalue weighted by Gasteiger charge is 2.35. The van der Waals surface area contributed by atoms with Gasteiger partial charge in [0.15, 0.2) is 22.2 Å². The first-order chi connectivity index (χ1) is 27.2. The zero-order valence-corrected chi connectivity index (χ0v) is 28.4. The summed E-state index contributed by atoms with van der Waals surface area (Å²) in [6.45, 7) is 2.59. The van der Waals surface area contributed by atoms with E-state index < -0.39 is 26.4 Å².